The number of aliphatic carboxylic acids is 1. The van der Waals surface area contributed by atoms with Crippen molar-refractivity contribution in [2.24, 2.45) is 5.41 Å². The summed E-state index contributed by atoms with van der Waals surface area (Å²) in [7, 11) is 0. The maximum atomic E-state index is 11.9. The van der Waals surface area contributed by atoms with Gasteiger partial charge in [-0.15, -0.1) is 0 Å². The third-order valence-electron chi connectivity index (χ3n) is 4.78. The second-order valence-corrected chi connectivity index (χ2v) is 8.27. The van der Waals surface area contributed by atoms with Gasteiger partial charge in [0.1, 0.15) is 0 Å². The predicted molar refractivity (Wildman–Crippen MR) is 84.7 cm³/mol. The fourth-order valence-electron chi connectivity index (χ4n) is 3.25. The molecule has 0 spiro atoms. The van der Waals surface area contributed by atoms with Gasteiger partial charge in [0.15, 0.2) is 0 Å². The molecule has 0 aromatic heterocycles. The minimum absolute atomic E-state index is 0.132. The quantitative estimate of drug-likeness (QED) is 0.729. The van der Waals surface area contributed by atoms with Gasteiger partial charge in [-0.3, -0.25) is 4.79 Å². The molecule has 2 aliphatic rings. The Bertz CT molecular complexity index is 388. The normalized spacial score (nSPS) is 28.0. The molecule has 0 aromatic rings. The Morgan fingerprint density at radius 3 is 2.29 bits per heavy atom. The Hall–Kier alpha value is -0.910. The summed E-state index contributed by atoms with van der Waals surface area (Å²) >= 11 is 1.90. The Morgan fingerprint density at radius 2 is 1.71 bits per heavy atom. The van der Waals surface area contributed by atoms with E-state index in [2.05, 4.69) is 17.6 Å². The SMILES string of the molecule is CC1(CNC(=O)NCC2(C(=O)O)CCCCC2)CCCS1. The zero-order valence-corrected chi connectivity index (χ0v) is 13.6. The minimum atomic E-state index is -0.777. The number of carbonyl (C=O) groups is 2. The van der Waals surface area contributed by atoms with Gasteiger partial charge in [0.05, 0.1) is 5.41 Å². The lowest BCUT2D eigenvalue weighted by atomic mass is 9.74. The molecule has 6 heteroatoms. The van der Waals surface area contributed by atoms with Crippen LogP contribution in [0.25, 0.3) is 0 Å². The van der Waals surface area contributed by atoms with Crippen molar-refractivity contribution in [1.29, 1.82) is 0 Å². The molecule has 5 nitrogen and oxygen atoms in total. The van der Waals surface area contributed by atoms with E-state index in [-0.39, 0.29) is 17.3 Å². The molecule has 1 heterocycles. The summed E-state index contributed by atoms with van der Waals surface area (Å²) in [5.74, 6) is 0.378. The molecular weight excluding hydrogens is 288 g/mol. The van der Waals surface area contributed by atoms with Crippen LogP contribution in [0.1, 0.15) is 51.9 Å². The molecule has 2 fully saturated rings. The van der Waals surface area contributed by atoms with Gasteiger partial charge >= 0.3 is 12.0 Å². The van der Waals surface area contributed by atoms with Gasteiger partial charge < -0.3 is 15.7 Å². The van der Waals surface area contributed by atoms with Gasteiger partial charge in [-0.25, -0.2) is 4.79 Å². The van der Waals surface area contributed by atoms with Crippen LogP contribution < -0.4 is 10.6 Å². The summed E-state index contributed by atoms with van der Waals surface area (Å²) in [5, 5.41) is 15.1. The molecule has 0 radical (unpaired) electrons. The summed E-state index contributed by atoms with van der Waals surface area (Å²) in [6.45, 7) is 3.05. The lowest BCUT2D eigenvalue weighted by Crippen LogP contribution is -2.49. The van der Waals surface area contributed by atoms with Crippen LogP contribution >= 0.6 is 11.8 Å². The topological polar surface area (TPSA) is 78.4 Å². The van der Waals surface area contributed by atoms with Crippen molar-refractivity contribution in [2.75, 3.05) is 18.8 Å². The van der Waals surface area contributed by atoms with Crippen LogP contribution in [0.5, 0.6) is 0 Å². The van der Waals surface area contributed by atoms with Gasteiger partial charge in [-0.05, 0) is 38.4 Å². The monoisotopic (exact) mass is 314 g/mol. The highest BCUT2D eigenvalue weighted by Crippen LogP contribution is 2.37. The average Bonchev–Trinajstić information content (AvgIpc) is 2.91. The molecule has 2 amide bonds. The average molecular weight is 314 g/mol. The Labute approximate surface area is 130 Å². The number of carbonyl (C=O) groups excluding carboxylic acids is 1. The van der Waals surface area contributed by atoms with E-state index >= 15 is 0 Å². The number of hydrogen-bond donors (Lipinski definition) is 3. The fourth-order valence-corrected chi connectivity index (χ4v) is 4.49. The second kappa shape index (κ2) is 6.90. The minimum Gasteiger partial charge on any atom is -0.481 e. The van der Waals surface area contributed by atoms with Gasteiger partial charge in [0, 0.05) is 17.8 Å². The third kappa shape index (κ3) is 4.28. The van der Waals surface area contributed by atoms with Crippen LogP contribution in [-0.2, 0) is 4.79 Å². The van der Waals surface area contributed by atoms with Crippen LogP contribution in [0.3, 0.4) is 0 Å². The molecule has 1 saturated carbocycles. The molecule has 1 saturated heterocycles. The van der Waals surface area contributed by atoms with Gasteiger partial charge in [0.25, 0.3) is 0 Å². The van der Waals surface area contributed by atoms with Crippen LogP contribution in [0, 0.1) is 5.41 Å². The van der Waals surface area contributed by atoms with Crippen molar-refractivity contribution < 1.29 is 14.7 Å². The molecule has 120 valence electrons. The number of thioether (sulfide) groups is 1. The molecule has 2 rings (SSSR count). The molecule has 1 aliphatic carbocycles. The van der Waals surface area contributed by atoms with Crippen LogP contribution in [0.2, 0.25) is 0 Å². The van der Waals surface area contributed by atoms with Crippen LogP contribution in [-0.4, -0.2) is 40.7 Å². The standard InChI is InChI=1S/C15H26N2O3S/c1-14(6-5-9-21-14)10-16-13(20)17-11-15(12(18)19)7-3-2-4-8-15/h2-11H2,1H3,(H,18,19)(H2,16,17,20). The lowest BCUT2D eigenvalue weighted by molar-refractivity contribution is -0.150. The van der Waals surface area contributed by atoms with Crippen molar-refractivity contribution in [3.05, 3.63) is 0 Å². The molecule has 21 heavy (non-hydrogen) atoms. The zero-order chi connectivity index (χ0) is 15.3. The number of amides is 2. The van der Waals surface area contributed by atoms with E-state index in [9.17, 15) is 14.7 Å². The molecule has 1 aliphatic heterocycles. The van der Waals surface area contributed by atoms with E-state index in [0.717, 1.165) is 31.4 Å². The number of rotatable bonds is 5. The van der Waals surface area contributed by atoms with Gasteiger partial charge in [-0.1, -0.05) is 19.3 Å². The fraction of sp³-hybridized carbons (Fsp3) is 0.867. The van der Waals surface area contributed by atoms with E-state index in [4.69, 9.17) is 0 Å². The molecule has 0 aromatic carbocycles. The van der Waals surface area contributed by atoms with E-state index < -0.39 is 11.4 Å². The molecular formula is C15H26N2O3S. The number of carboxylic acid groups (broad SMARTS) is 1. The Balaban J connectivity index is 1.78. The highest BCUT2D eigenvalue weighted by atomic mass is 32.2. The van der Waals surface area contributed by atoms with Crippen LogP contribution in [0.4, 0.5) is 4.79 Å². The van der Waals surface area contributed by atoms with E-state index in [1.54, 1.807) is 0 Å². The summed E-state index contributed by atoms with van der Waals surface area (Å²) in [6.07, 6.45) is 6.61. The second-order valence-electron chi connectivity index (χ2n) is 6.58. The number of nitrogens with one attached hydrogen (secondary N) is 2. The van der Waals surface area contributed by atoms with Gasteiger partial charge in [-0.2, -0.15) is 11.8 Å². The Morgan fingerprint density at radius 1 is 1.05 bits per heavy atom. The molecule has 3 N–H and O–H groups in total. The van der Waals surface area contributed by atoms with Crippen molar-refractivity contribution in [3.63, 3.8) is 0 Å². The zero-order valence-electron chi connectivity index (χ0n) is 12.7. The van der Waals surface area contributed by atoms with Crippen molar-refractivity contribution in [3.8, 4) is 0 Å². The third-order valence-corrected chi connectivity index (χ3v) is 6.31. The van der Waals surface area contributed by atoms with E-state index in [1.165, 1.54) is 6.42 Å². The molecule has 1 unspecified atom stereocenters. The lowest BCUT2D eigenvalue weighted by Gasteiger charge is -2.33. The number of urea groups is 1. The van der Waals surface area contributed by atoms with Crippen molar-refractivity contribution >= 4 is 23.8 Å². The largest absolute Gasteiger partial charge is 0.481 e. The maximum absolute atomic E-state index is 11.9. The first-order chi connectivity index (χ1) is 9.96. The molecule has 0 bridgehead atoms. The maximum Gasteiger partial charge on any atom is 0.314 e. The summed E-state index contributed by atoms with van der Waals surface area (Å²) in [6, 6.07) is -0.241. The molecule has 1 atom stereocenters. The predicted octanol–water partition coefficient (Wildman–Crippen LogP) is 2.61. The van der Waals surface area contributed by atoms with Crippen LogP contribution in [0.15, 0.2) is 0 Å². The number of hydrogen-bond acceptors (Lipinski definition) is 3. The smallest absolute Gasteiger partial charge is 0.314 e. The number of carboxylic acids is 1. The summed E-state index contributed by atoms with van der Waals surface area (Å²) < 4.78 is 0.132. The first kappa shape index (κ1) is 16.5. The Kier molecular flexibility index (Phi) is 5.41. The highest BCUT2D eigenvalue weighted by molar-refractivity contribution is 8.00. The summed E-state index contributed by atoms with van der Waals surface area (Å²) in [5.41, 5.74) is -0.762. The summed E-state index contributed by atoms with van der Waals surface area (Å²) in [4.78, 5) is 23.5. The van der Waals surface area contributed by atoms with Crippen molar-refractivity contribution in [2.45, 2.75) is 56.6 Å². The highest BCUT2D eigenvalue weighted by Gasteiger charge is 2.40. The van der Waals surface area contributed by atoms with Crippen molar-refractivity contribution in [1.82, 2.24) is 10.6 Å². The first-order valence-corrected chi connectivity index (χ1v) is 8.84. The van der Waals surface area contributed by atoms with E-state index in [1.807, 2.05) is 11.8 Å². The van der Waals surface area contributed by atoms with E-state index in [0.29, 0.717) is 19.4 Å². The first-order valence-electron chi connectivity index (χ1n) is 7.85. The van der Waals surface area contributed by atoms with Gasteiger partial charge in [0.2, 0.25) is 0 Å².